The van der Waals surface area contributed by atoms with Crippen molar-refractivity contribution < 1.29 is 32.3 Å². The van der Waals surface area contributed by atoms with Crippen LogP contribution in [0, 0.1) is 0 Å². The molecule has 0 saturated carbocycles. The number of nitrogens with two attached hydrogens (primary N) is 1. The number of alkyl halides is 3. The molecule has 0 bridgehead atoms. The largest absolute Gasteiger partial charge is 0.493 e. The molecule has 1 unspecified atom stereocenters. The SMILES string of the molecule is CCc1c(Cn2ccnc2)cccc1Nc1c(C(N)=O)cnc2c1N(OC(=O)C(F)(F)F)C(c1ccc(N3CCOCC3)cc1)N2. The van der Waals surface area contributed by atoms with E-state index in [1.807, 2.05) is 42.0 Å². The normalized spacial score (nSPS) is 16.1. The van der Waals surface area contributed by atoms with Gasteiger partial charge in [0.1, 0.15) is 5.69 Å². The Kier molecular flexibility index (Phi) is 8.41. The maximum Gasteiger partial charge on any atom is 0.493 e. The number of hydroxylamine groups is 1. The van der Waals surface area contributed by atoms with E-state index in [4.69, 9.17) is 15.3 Å². The fourth-order valence-electron chi connectivity index (χ4n) is 5.63. The van der Waals surface area contributed by atoms with Crippen LogP contribution in [0.25, 0.3) is 0 Å². The smallest absolute Gasteiger partial charge is 0.378 e. The lowest BCUT2D eigenvalue weighted by Crippen LogP contribution is -2.37. The average Bonchev–Trinajstić information content (AvgIpc) is 3.69. The fraction of sp³-hybridized carbons (Fsp3) is 0.290. The van der Waals surface area contributed by atoms with Gasteiger partial charge in [-0.25, -0.2) is 14.8 Å². The Labute approximate surface area is 261 Å². The van der Waals surface area contributed by atoms with Crippen molar-refractivity contribution in [2.75, 3.05) is 46.9 Å². The fourth-order valence-corrected chi connectivity index (χ4v) is 5.63. The summed E-state index contributed by atoms with van der Waals surface area (Å²) in [7, 11) is 0. The number of hydrogen-bond acceptors (Lipinski definition) is 10. The molecule has 1 atom stereocenters. The van der Waals surface area contributed by atoms with Crippen molar-refractivity contribution in [3.8, 4) is 0 Å². The summed E-state index contributed by atoms with van der Waals surface area (Å²) in [6.45, 7) is 5.02. The van der Waals surface area contributed by atoms with Gasteiger partial charge in [0.15, 0.2) is 12.0 Å². The highest BCUT2D eigenvalue weighted by molar-refractivity contribution is 6.05. The first-order valence-corrected chi connectivity index (χ1v) is 14.6. The van der Waals surface area contributed by atoms with E-state index < -0.39 is 24.2 Å². The number of nitrogens with one attached hydrogen (secondary N) is 2. The summed E-state index contributed by atoms with van der Waals surface area (Å²) in [5, 5.41) is 7.06. The van der Waals surface area contributed by atoms with Crippen LogP contribution in [-0.4, -0.2) is 58.9 Å². The third-order valence-electron chi connectivity index (χ3n) is 7.84. The van der Waals surface area contributed by atoms with E-state index in [0.717, 1.165) is 21.9 Å². The molecule has 15 heteroatoms. The summed E-state index contributed by atoms with van der Waals surface area (Å²) >= 11 is 0. The van der Waals surface area contributed by atoms with Crippen molar-refractivity contribution >= 4 is 40.4 Å². The van der Waals surface area contributed by atoms with Gasteiger partial charge in [0, 0.05) is 49.6 Å². The van der Waals surface area contributed by atoms with Crippen molar-refractivity contribution in [3.05, 3.63) is 89.6 Å². The Morgan fingerprint density at radius 2 is 1.91 bits per heavy atom. The molecule has 0 spiro atoms. The number of nitrogens with zero attached hydrogens (tertiary/aromatic N) is 5. The molecular formula is C31H31F3N8O4. The molecule has 240 valence electrons. The highest BCUT2D eigenvalue weighted by Gasteiger charge is 2.46. The van der Waals surface area contributed by atoms with E-state index in [1.165, 1.54) is 6.20 Å². The van der Waals surface area contributed by atoms with Crippen LogP contribution in [-0.2, 0) is 27.3 Å². The number of amides is 1. The molecule has 2 aliphatic heterocycles. The molecular weight excluding hydrogens is 605 g/mol. The van der Waals surface area contributed by atoms with Crippen LogP contribution >= 0.6 is 0 Å². The molecule has 12 nitrogen and oxygen atoms in total. The molecule has 2 aromatic heterocycles. The zero-order valence-electron chi connectivity index (χ0n) is 24.8. The first kappa shape index (κ1) is 30.7. The Bertz CT molecular complexity index is 1730. The summed E-state index contributed by atoms with van der Waals surface area (Å²) in [5.41, 5.74) is 9.37. The van der Waals surface area contributed by atoms with E-state index in [0.29, 0.717) is 50.5 Å². The quantitative estimate of drug-likeness (QED) is 0.240. The Morgan fingerprint density at radius 3 is 2.57 bits per heavy atom. The van der Waals surface area contributed by atoms with Gasteiger partial charge >= 0.3 is 12.1 Å². The first-order valence-electron chi connectivity index (χ1n) is 14.6. The number of imidazole rings is 1. The van der Waals surface area contributed by atoms with Gasteiger partial charge in [-0.15, -0.1) is 0 Å². The second kappa shape index (κ2) is 12.6. The molecule has 0 aliphatic carbocycles. The van der Waals surface area contributed by atoms with Crippen molar-refractivity contribution in [2.45, 2.75) is 32.2 Å². The third kappa shape index (κ3) is 6.13. The van der Waals surface area contributed by atoms with Gasteiger partial charge in [-0.3, -0.25) is 4.79 Å². The minimum absolute atomic E-state index is 0.0295. The number of primary amides is 1. The molecule has 0 radical (unpaired) electrons. The van der Waals surface area contributed by atoms with Gasteiger partial charge in [-0.05, 0) is 41.3 Å². The Hall–Kier alpha value is -5.31. The lowest BCUT2D eigenvalue weighted by molar-refractivity contribution is -0.201. The number of aromatic nitrogens is 3. The molecule has 4 heterocycles. The molecule has 1 amide bonds. The van der Waals surface area contributed by atoms with Crippen LogP contribution in [0.3, 0.4) is 0 Å². The number of fused-ring (bicyclic) bond motifs is 1. The predicted molar refractivity (Wildman–Crippen MR) is 164 cm³/mol. The number of morpholine rings is 1. The molecule has 4 N–H and O–H groups in total. The van der Waals surface area contributed by atoms with E-state index in [2.05, 4.69) is 25.5 Å². The van der Waals surface area contributed by atoms with E-state index >= 15 is 0 Å². The highest BCUT2D eigenvalue weighted by Crippen LogP contribution is 2.48. The van der Waals surface area contributed by atoms with Crippen LogP contribution in [0.4, 0.5) is 41.7 Å². The summed E-state index contributed by atoms with van der Waals surface area (Å²) in [4.78, 5) is 40.5. The van der Waals surface area contributed by atoms with Gasteiger partial charge < -0.3 is 35.4 Å². The monoisotopic (exact) mass is 636 g/mol. The summed E-state index contributed by atoms with van der Waals surface area (Å²) in [6, 6.07) is 12.7. The molecule has 4 aromatic rings. The number of halogens is 3. The van der Waals surface area contributed by atoms with Gasteiger partial charge in [0.2, 0.25) is 0 Å². The van der Waals surface area contributed by atoms with E-state index in [9.17, 15) is 22.8 Å². The van der Waals surface area contributed by atoms with Crippen LogP contribution in [0.1, 0.15) is 40.1 Å². The van der Waals surface area contributed by atoms with Gasteiger partial charge in [-0.1, -0.05) is 31.2 Å². The zero-order valence-corrected chi connectivity index (χ0v) is 24.8. The molecule has 46 heavy (non-hydrogen) atoms. The van der Waals surface area contributed by atoms with Crippen molar-refractivity contribution in [2.24, 2.45) is 5.73 Å². The maximum absolute atomic E-state index is 13.6. The van der Waals surface area contributed by atoms with Crippen molar-refractivity contribution in [1.82, 2.24) is 14.5 Å². The standard InChI is InChI=1S/C31H31F3N8O4/c1-2-22-20(17-40-11-10-36-18-40)4-3-5-24(22)38-25-23(27(35)43)16-37-28-26(25)42(46-30(44)31(32,33)34)29(39-28)19-6-8-21(9-7-19)41-12-14-45-15-13-41/h3-11,16,18,29H,2,12-15,17H2,1H3,(H2,35,43)(H2,37,38,39). The zero-order chi connectivity index (χ0) is 32.4. The number of hydrogen-bond donors (Lipinski definition) is 3. The molecule has 6 rings (SSSR count). The van der Waals surface area contributed by atoms with Gasteiger partial charge in [0.25, 0.3) is 5.91 Å². The van der Waals surface area contributed by atoms with Gasteiger partial charge in [-0.2, -0.15) is 18.2 Å². The number of pyridine rings is 1. The second-order valence-corrected chi connectivity index (χ2v) is 10.7. The number of carbonyl (C=O) groups excluding carboxylic acids is 2. The molecule has 1 saturated heterocycles. The second-order valence-electron chi connectivity index (χ2n) is 10.7. The maximum atomic E-state index is 13.6. The van der Waals surface area contributed by atoms with E-state index in [1.54, 1.807) is 30.7 Å². The number of ether oxygens (including phenoxy) is 1. The Morgan fingerprint density at radius 1 is 1.15 bits per heavy atom. The number of benzene rings is 2. The van der Waals surface area contributed by atoms with Crippen LogP contribution < -0.4 is 26.3 Å². The summed E-state index contributed by atoms with van der Waals surface area (Å²) < 4.78 is 48.0. The van der Waals surface area contributed by atoms with Crippen LogP contribution in [0.5, 0.6) is 0 Å². The minimum atomic E-state index is -5.30. The molecule has 2 aromatic carbocycles. The lowest BCUT2D eigenvalue weighted by Gasteiger charge is -2.30. The van der Waals surface area contributed by atoms with Crippen LogP contribution in [0.15, 0.2) is 67.4 Å². The summed E-state index contributed by atoms with van der Waals surface area (Å²) in [6.07, 6.45) is 0.575. The molecule has 1 fully saturated rings. The Balaban J connectivity index is 1.42. The topological polar surface area (TPSA) is 140 Å². The highest BCUT2D eigenvalue weighted by atomic mass is 19.4. The van der Waals surface area contributed by atoms with Gasteiger partial charge in [0.05, 0.1) is 30.8 Å². The molecule has 2 aliphatic rings. The minimum Gasteiger partial charge on any atom is -0.378 e. The van der Waals surface area contributed by atoms with Crippen LogP contribution in [0.2, 0.25) is 0 Å². The number of carbonyl (C=O) groups is 2. The lowest BCUT2D eigenvalue weighted by atomic mass is 10.0. The third-order valence-corrected chi connectivity index (χ3v) is 7.84. The van der Waals surface area contributed by atoms with E-state index in [-0.39, 0.29) is 22.8 Å². The van der Waals surface area contributed by atoms with Crippen molar-refractivity contribution in [3.63, 3.8) is 0 Å². The summed E-state index contributed by atoms with van der Waals surface area (Å²) in [5.74, 6) is -3.24. The first-order chi connectivity index (χ1) is 22.1. The number of rotatable bonds is 9. The average molecular weight is 637 g/mol. The number of anilines is 5. The van der Waals surface area contributed by atoms with Crippen molar-refractivity contribution in [1.29, 1.82) is 0 Å². The predicted octanol–water partition coefficient (Wildman–Crippen LogP) is 4.52.